The van der Waals surface area contributed by atoms with Crippen molar-refractivity contribution in [3.63, 3.8) is 0 Å². The summed E-state index contributed by atoms with van der Waals surface area (Å²) in [6.45, 7) is 3.78. The van der Waals surface area contributed by atoms with Crippen LogP contribution in [0.5, 0.6) is 5.75 Å². The van der Waals surface area contributed by atoms with Crippen molar-refractivity contribution in [1.29, 1.82) is 5.26 Å². The molecule has 108 valence electrons. The lowest BCUT2D eigenvalue weighted by molar-refractivity contribution is 0.0683. The van der Waals surface area contributed by atoms with Crippen LogP contribution in [0.25, 0.3) is 5.69 Å². The van der Waals surface area contributed by atoms with Crippen molar-refractivity contribution >= 4 is 5.97 Å². The Kier molecular flexibility index (Phi) is 3.89. The van der Waals surface area contributed by atoms with Gasteiger partial charge in [-0.2, -0.15) is 5.26 Å². The van der Waals surface area contributed by atoms with Crippen molar-refractivity contribution in [3.05, 3.63) is 35.4 Å². The fourth-order valence-corrected chi connectivity index (χ4v) is 1.89. The van der Waals surface area contributed by atoms with Crippen LogP contribution in [0.1, 0.15) is 41.8 Å². The molecule has 0 fully saturated rings. The van der Waals surface area contributed by atoms with Crippen molar-refractivity contribution < 1.29 is 14.6 Å². The minimum Gasteiger partial charge on any atom is -0.494 e. The van der Waals surface area contributed by atoms with Gasteiger partial charge in [-0.25, -0.2) is 14.5 Å². The Bertz CT molecular complexity index is 728. The minimum atomic E-state index is -1.19. The Labute approximate surface area is 121 Å². The number of methoxy groups -OCH3 is 1. The van der Waals surface area contributed by atoms with Crippen LogP contribution < -0.4 is 4.74 Å². The zero-order valence-corrected chi connectivity index (χ0v) is 11.9. The van der Waals surface area contributed by atoms with Gasteiger partial charge in [-0.05, 0) is 12.1 Å². The van der Waals surface area contributed by atoms with Gasteiger partial charge in [0.25, 0.3) is 5.82 Å². The van der Waals surface area contributed by atoms with Gasteiger partial charge in [0.15, 0.2) is 0 Å². The number of aromatic nitrogens is 3. The molecular formula is C14H14N4O3. The summed E-state index contributed by atoms with van der Waals surface area (Å²) in [5.41, 5.74) is 0.987. The first-order valence-electron chi connectivity index (χ1n) is 6.26. The Hall–Kier alpha value is -2.88. The van der Waals surface area contributed by atoms with Crippen molar-refractivity contribution in [3.8, 4) is 17.5 Å². The highest BCUT2D eigenvalue weighted by Gasteiger charge is 2.20. The molecular weight excluding hydrogens is 272 g/mol. The van der Waals surface area contributed by atoms with Crippen molar-refractivity contribution in [2.45, 2.75) is 19.8 Å². The minimum absolute atomic E-state index is 0.0223. The lowest BCUT2D eigenvalue weighted by Gasteiger charge is -2.12. The molecule has 1 heterocycles. The Morgan fingerprint density at radius 3 is 2.71 bits per heavy atom. The van der Waals surface area contributed by atoms with Gasteiger partial charge in [-0.15, -0.1) is 5.10 Å². The molecule has 0 aliphatic carbocycles. The highest BCUT2D eigenvalue weighted by molar-refractivity contribution is 5.83. The third kappa shape index (κ3) is 2.69. The van der Waals surface area contributed by atoms with E-state index in [2.05, 4.69) is 10.1 Å². The first-order chi connectivity index (χ1) is 9.97. The molecule has 1 aromatic heterocycles. The quantitative estimate of drug-likeness (QED) is 0.922. The SMILES string of the molecule is COc1cc(C#N)ccc1-n1nc(C(=O)O)nc1C(C)C. The predicted octanol–water partition coefficient (Wildman–Crippen LogP) is 1.97. The Morgan fingerprint density at radius 2 is 2.19 bits per heavy atom. The molecule has 2 rings (SSSR count). The molecule has 21 heavy (non-hydrogen) atoms. The number of nitriles is 1. The molecule has 0 spiro atoms. The van der Waals surface area contributed by atoms with Gasteiger partial charge in [0, 0.05) is 12.0 Å². The van der Waals surface area contributed by atoms with Crippen LogP contribution in [0, 0.1) is 11.3 Å². The molecule has 0 unspecified atom stereocenters. The zero-order chi connectivity index (χ0) is 15.6. The average molecular weight is 286 g/mol. The van der Waals surface area contributed by atoms with Crippen LogP contribution in [-0.4, -0.2) is 33.0 Å². The molecule has 0 saturated heterocycles. The van der Waals surface area contributed by atoms with Crippen molar-refractivity contribution in [1.82, 2.24) is 14.8 Å². The van der Waals surface area contributed by atoms with Gasteiger partial charge in [-0.3, -0.25) is 0 Å². The highest BCUT2D eigenvalue weighted by atomic mass is 16.5. The van der Waals surface area contributed by atoms with E-state index in [0.717, 1.165) is 0 Å². The smallest absolute Gasteiger partial charge is 0.375 e. The van der Waals surface area contributed by atoms with E-state index < -0.39 is 5.97 Å². The largest absolute Gasteiger partial charge is 0.494 e. The Morgan fingerprint density at radius 1 is 1.48 bits per heavy atom. The number of ether oxygens (including phenoxy) is 1. The second-order valence-electron chi connectivity index (χ2n) is 4.66. The van der Waals surface area contributed by atoms with Crippen LogP contribution in [0.3, 0.4) is 0 Å². The molecule has 0 bridgehead atoms. The molecule has 1 N–H and O–H groups in total. The monoisotopic (exact) mass is 286 g/mol. The second-order valence-corrected chi connectivity index (χ2v) is 4.66. The molecule has 7 heteroatoms. The van der Waals surface area contributed by atoms with E-state index >= 15 is 0 Å². The number of carboxylic acid groups (broad SMARTS) is 1. The van der Waals surface area contributed by atoms with Crippen LogP contribution in [-0.2, 0) is 0 Å². The van der Waals surface area contributed by atoms with Crippen LogP contribution in [0.15, 0.2) is 18.2 Å². The molecule has 2 aromatic rings. The second kappa shape index (κ2) is 5.63. The number of carbonyl (C=O) groups is 1. The summed E-state index contributed by atoms with van der Waals surface area (Å²) in [4.78, 5) is 15.1. The van der Waals surface area contributed by atoms with E-state index in [1.165, 1.54) is 11.8 Å². The predicted molar refractivity (Wildman–Crippen MR) is 73.7 cm³/mol. The van der Waals surface area contributed by atoms with E-state index in [1.807, 2.05) is 19.9 Å². The fourth-order valence-electron chi connectivity index (χ4n) is 1.89. The summed E-state index contributed by atoms with van der Waals surface area (Å²) in [6, 6.07) is 6.86. The number of benzene rings is 1. The lowest BCUT2D eigenvalue weighted by atomic mass is 10.1. The molecule has 0 aliphatic rings. The number of hydrogen-bond donors (Lipinski definition) is 1. The van der Waals surface area contributed by atoms with Gasteiger partial charge >= 0.3 is 5.97 Å². The third-order valence-corrected chi connectivity index (χ3v) is 2.88. The Balaban J connectivity index is 2.66. The van der Waals surface area contributed by atoms with Gasteiger partial charge < -0.3 is 9.84 Å². The third-order valence-electron chi connectivity index (χ3n) is 2.88. The van der Waals surface area contributed by atoms with Crippen LogP contribution in [0.2, 0.25) is 0 Å². The van der Waals surface area contributed by atoms with E-state index in [9.17, 15) is 4.79 Å². The van der Waals surface area contributed by atoms with Gasteiger partial charge in [-0.1, -0.05) is 13.8 Å². The molecule has 0 amide bonds. The van der Waals surface area contributed by atoms with Gasteiger partial charge in [0.05, 0.1) is 18.7 Å². The summed E-state index contributed by atoms with van der Waals surface area (Å²) in [5.74, 6) is -0.549. The molecule has 0 aliphatic heterocycles. The van der Waals surface area contributed by atoms with Crippen molar-refractivity contribution in [2.24, 2.45) is 0 Å². The van der Waals surface area contributed by atoms with E-state index in [4.69, 9.17) is 15.1 Å². The first kappa shape index (κ1) is 14.5. The summed E-state index contributed by atoms with van der Waals surface area (Å²) in [5, 5.41) is 22.0. The summed E-state index contributed by atoms with van der Waals surface area (Å²) < 4.78 is 6.70. The fraction of sp³-hybridized carbons (Fsp3) is 0.286. The summed E-state index contributed by atoms with van der Waals surface area (Å²) in [6.07, 6.45) is 0. The first-order valence-corrected chi connectivity index (χ1v) is 6.26. The van der Waals surface area contributed by atoms with Crippen LogP contribution in [0.4, 0.5) is 0 Å². The molecule has 7 nitrogen and oxygen atoms in total. The number of nitrogens with zero attached hydrogens (tertiary/aromatic N) is 4. The molecule has 1 aromatic carbocycles. The maximum Gasteiger partial charge on any atom is 0.375 e. The van der Waals surface area contributed by atoms with E-state index in [1.54, 1.807) is 18.2 Å². The maximum atomic E-state index is 11.1. The van der Waals surface area contributed by atoms with Gasteiger partial charge in [0.1, 0.15) is 17.3 Å². The van der Waals surface area contributed by atoms with Crippen molar-refractivity contribution in [2.75, 3.05) is 7.11 Å². The standard InChI is InChI=1S/C14H14N4O3/c1-8(2)13-16-12(14(19)20)17-18(13)10-5-4-9(7-15)6-11(10)21-3/h4-6,8H,1-3H3,(H,19,20). The number of carboxylic acids is 1. The molecule has 0 atom stereocenters. The average Bonchev–Trinajstić information content (AvgIpc) is 2.91. The zero-order valence-electron chi connectivity index (χ0n) is 11.9. The summed E-state index contributed by atoms with van der Waals surface area (Å²) in [7, 11) is 1.48. The molecule has 0 radical (unpaired) electrons. The topological polar surface area (TPSA) is 101 Å². The number of hydrogen-bond acceptors (Lipinski definition) is 5. The number of rotatable bonds is 4. The highest BCUT2D eigenvalue weighted by Crippen LogP contribution is 2.26. The maximum absolute atomic E-state index is 11.1. The van der Waals surface area contributed by atoms with Crippen LogP contribution >= 0.6 is 0 Å². The number of aromatic carboxylic acids is 1. The van der Waals surface area contributed by atoms with Gasteiger partial charge in [0.2, 0.25) is 0 Å². The normalized spacial score (nSPS) is 10.4. The summed E-state index contributed by atoms with van der Waals surface area (Å²) >= 11 is 0. The lowest BCUT2D eigenvalue weighted by Crippen LogP contribution is -2.07. The molecule has 0 saturated carbocycles. The van der Waals surface area contributed by atoms with E-state index in [-0.39, 0.29) is 11.7 Å². The van der Waals surface area contributed by atoms with E-state index in [0.29, 0.717) is 22.8 Å².